The maximum Gasteiger partial charge on any atom is 0.407 e. The highest BCUT2D eigenvalue weighted by atomic mass is 16.5. The molecule has 0 bridgehead atoms. The largest absolute Gasteiger partial charge is 0.449 e. The van der Waals surface area contributed by atoms with E-state index in [1.807, 2.05) is 26.0 Å². The van der Waals surface area contributed by atoms with Gasteiger partial charge >= 0.3 is 6.09 Å². The highest BCUT2D eigenvalue weighted by molar-refractivity contribution is 5.67. The molecule has 1 aromatic rings. The maximum absolute atomic E-state index is 11.5. The number of benzene rings is 1. The molecule has 21 heavy (non-hydrogen) atoms. The summed E-state index contributed by atoms with van der Waals surface area (Å²) in [6, 6.07) is 8.24. The number of ether oxygens (including phenoxy) is 2. The van der Waals surface area contributed by atoms with Gasteiger partial charge in [0, 0.05) is 25.3 Å². The van der Waals surface area contributed by atoms with Crippen molar-refractivity contribution in [2.45, 2.75) is 20.4 Å². The Morgan fingerprint density at radius 2 is 1.95 bits per heavy atom. The first-order valence-electron chi connectivity index (χ1n) is 7.47. The molecule has 5 heteroatoms. The fraction of sp³-hybridized carbons (Fsp3) is 0.562. The van der Waals surface area contributed by atoms with E-state index >= 15 is 0 Å². The number of hydrogen-bond acceptors (Lipinski definition) is 4. The number of nitrogens with zero attached hydrogens (tertiary/aromatic N) is 1. The molecule has 1 saturated heterocycles. The molecule has 1 aliphatic rings. The smallest absolute Gasteiger partial charge is 0.407 e. The Bertz CT molecular complexity index is 439. The fourth-order valence-electron chi connectivity index (χ4n) is 2.11. The summed E-state index contributed by atoms with van der Waals surface area (Å²) in [7, 11) is 0. The molecule has 0 aromatic heterocycles. The lowest BCUT2D eigenvalue weighted by atomic mass is 10.2. The predicted molar refractivity (Wildman–Crippen MR) is 82.5 cm³/mol. The maximum atomic E-state index is 11.5. The first-order chi connectivity index (χ1) is 10.1. The van der Waals surface area contributed by atoms with Crippen LogP contribution in [0.2, 0.25) is 0 Å². The molecule has 0 aliphatic carbocycles. The van der Waals surface area contributed by atoms with E-state index in [2.05, 4.69) is 22.3 Å². The summed E-state index contributed by atoms with van der Waals surface area (Å²) in [6.45, 7) is 8.38. The van der Waals surface area contributed by atoms with E-state index in [1.54, 1.807) is 0 Å². The average molecular weight is 292 g/mol. The minimum Gasteiger partial charge on any atom is -0.449 e. The van der Waals surface area contributed by atoms with E-state index in [9.17, 15) is 4.79 Å². The summed E-state index contributed by atoms with van der Waals surface area (Å²) in [4.78, 5) is 13.8. The van der Waals surface area contributed by atoms with Gasteiger partial charge in [-0.15, -0.1) is 0 Å². The monoisotopic (exact) mass is 292 g/mol. The van der Waals surface area contributed by atoms with E-state index in [4.69, 9.17) is 9.47 Å². The summed E-state index contributed by atoms with van der Waals surface area (Å²) in [5.74, 6) is 0.351. The van der Waals surface area contributed by atoms with Crippen molar-refractivity contribution < 1.29 is 14.3 Å². The molecule has 1 amide bonds. The molecule has 0 radical (unpaired) electrons. The highest BCUT2D eigenvalue weighted by Crippen LogP contribution is 2.16. The van der Waals surface area contributed by atoms with Gasteiger partial charge in [0.1, 0.15) is 0 Å². The Kier molecular flexibility index (Phi) is 5.87. The van der Waals surface area contributed by atoms with Gasteiger partial charge in [0.05, 0.1) is 19.8 Å². The van der Waals surface area contributed by atoms with Crippen LogP contribution in [-0.2, 0) is 16.0 Å². The van der Waals surface area contributed by atoms with Gasteiger partial charge in [-0.05, 0) is 23.6 Å². The van der Waals surface area contributed by atoms with Crippen LogP contribution in [0, 0.1) is 5.92 Å². The predicted octanol–water partition coefficient (Wildman–Crippen LogP) is 2.41. The van der Waals surface area contributed by atoms with Gasteiger partial charge in [-0.2, -0.15) is 0 Å². The molecule has 1 aromatic carbocycles. The Morgan fingerprint density at radius 3 is 2.57 bits per heavy atom. The van der Waals surface area contributed by atoms with Gasteiger partial charge in [-0.25, -0.2) is 4.79 Å². The molecule has 1 aliphatic heterocycles. The van der Waals surface area contributed by atoms with Crippen LogP contribution in [0.5, 0.6) is 0 Å². The molecular weight excluding hydrogens is 268 g/mol. The van der Waals surface area contributed by atoms with E-state index in [-0.39, 0.29) is 6.09 Å². The third kappa shape index (κ3) is 5.27. The molecule has 116 valence electrons. The summed E-state index contributed by atoms with van der Waals surface area (Å²) in [5, 5.41) is 2.76. The van der Waals surface area contributed by atoms with E-state index in [1.165, 1.54) is 5.69 Å². The van der Waals surface area contributed by atoms with Gasteiger partial charge in [0.15, 0.2) is 0 Å². The van der Waals surface area contributed by atoms with Crippen LogP contribution in [0.3, 0.4) is 0 Å². The van der Waals surface area contributed by atoms with E-state index in [0.717, 1.165) is 31.9 Å². The molecule has 1 heterocycles. The first-order valence-corrected chi connectivity index (χ1v) is 7.47. The van der Waals surface area contributed by atoms with Gasteiger partial charge in [0.2, 0.25) is 0 Å². The lowest BCUT2D eigenvalue weighted by Gasteiger charge is -2.28. The van der Waals surface area contributed by atoms with E-state index < -0.39 is 0 Å². The van der Waals surface area contributed by atoms with Crippen molar-refractivity contribution in [3.8, 4) is 0 Å². The topological polar surface area (TPSA) is 50.8 Å². The van der Waals surface area contributed by atoms with Crippen LogP contribution in [0.4, 0.5) is 10.5 Å². The first kappa shape index (κ1) is 15.6. The van der Waals surface area contributed by atoms with Crippen LogP contribution in [-0.4, -0.2) is 39.0 Å². The minimum absolute atomic E-state index is 0.351. The zero-order valence-corrected chi connectivity index (χ0v) is 12.8. The number of rotatable bonds is 5. The van der Waals surface area contributed by atoms with Gasteiger partial charge in [0.25, 0.3) is 0 Å². The highest BCUT2D eigenvalue weighted by Gasteiger charge is 2.11. The molecule has 1 N–H and O–H groups in total. The SMILES string of the molecule is CC(C)COC(=O)NCc1ccc(N2CCOCC2)cc1. The van der Waals surface area contributed by atoms with Crippen molar-refractivity contribution in [3.63, 3.8) is 0 Å². The normalized spacial score (nSPS) is 15.1. The lowest BCUT2D eigenvalue weighted by Crippen LogP contribution is -2.36. The second-order valence-electron chi connectivity index (χ2n) is 5.61. The Balaban J connectivity index is 1.78. The van der Waals surface area contributed by atoms with Crippen LogP contribution in [0.25, 0.3) is 0 Å². The number of nitrogens with one attached hydrogen (secondary N) is 1. The molecule has 2 rings (SSSR count). The van der Waals surface area contributed by atoms with Crippen molar-refractivity contribution in [3.05, 3.63) is 29.8 Å². The van der Waals surface area contributed by atoms with E-state index in [0.29, 0.717) is 19.1 Å². The third-order valence-corrected chi connectivity index (χ3v) is 3.30. The number of hydrogen-bond donors (Lipinski definition) is 1. The van der Waals surface area contributed by atoms with Crippen LogP contribution in [0.15, 0.2) is 24.3 Å². The quantitative estimate of drug-likeness (QED) is 0.905. The fourth-order valence-corrected chi connectivity index (χ4v) is 2.11. The molecular formula is C16H24N2O3. The van der Waals surface area contributed by atoms with Gasteiger partial charge in [-0.1, -0.05) is 26.0 Å². The zero-order chi connectivity index (χ0) is 15.1. The molecule has 1 fully saturated rings. The van der Waals surface area contributed by atoms with Crippen LogP contribution in [0.1, 0.15) is 19.4 Å². The Morgan fingerprint density at radius 1 is 1.29 bits per heavy atom. The molecule has 0 saturated carbocycles. The number of alkyl carbamates (subject to hydrolysis) is 1. The van der Waals surface area contributed by atoms with Crippen LogP contribution < -0.4 is 10.2 Å². The average Bonchev–Trinajstić information content (AvgIpc) is 2.52. The van der Waals surface area contributed by atoms with Crippen LogP contribution >= 0.6 is 0 Å². The molecule has 0 spiro atoms. The van der Waals surface area contributed by atoms with Crippen molar-refractivity contribution in [1.82, 2.24) is 5.32 Å². The summed E-state index contributed by atoms with van der Waals surface area (Å²) in [6.07, 6.45) is -0.360. The second-order valence-corrected chi connectivity index (χ2v) is 5.61. The lowest BCUT2D eigenvalue weighted by molar-refractivity contribution is 0.122. The second kappa shape index (κ2) is 7.88. The third-order valence-electron chi connectivity index (χ3n) is 3.30. The number of anilines is 1. The molecule has 0 unspecified atom stereocenters. The molecule has 0 atom stereocenters. The minimum atomic E-state index is -0.360. The number of amides is 1. The van der Waals surface area contributed by atoms with Crippen molar-refractivity contribution in [2.24, 2.45) is 5.92 Å². The van der Waals surface area contributed by atoms with Gasteiger partial charge in [-0.3, -0.25) is 0 Å². The summed E-state index contributed by atoms with van der Waals surface area (Å²) in [5.41, 5.74) is 2.26. The van der Waals surface area contributed by atoms with Crippen molar-refractivity contribution in [2.75, 3.05) is 37.8 Å². The standard InChI is InChI=1S/C16H24N2O3/c1-13(2)12-21-16(19)17-11-14-3-5-15(6-4-14)18-7-9-20-10-8-18/h3-6,13H,7-12H2,1-2H3,(H,17,19). The Labute approximate surface area is 126 Å². The zero-order valence-electron chi connectivity index (χ0n) is 12.8. The Hall–Kier alpha value is -1.75. The summed E-state index contributed by atoms with van der Waals surface area (Å²) < 4.78 is 10.4. The summed E-state index contributed by atoms with van der Waals surface area (Å²) >= 11 is 0. The molecule has 5 nitrogen and oxygen atoms in total. The number of carbonyl (C=O) groups is 1. The van der Waals surface area contributed by atoms with Crippen molar-refractivity contribution >= 4 is 11.8 Å². The van der Waals surface area contributed by atoms with Crippen molar-refractivity contribution in [1.29, 1.82) is 0 Å². The number of morpholine rings is 1. The van der Waals surface area contributed by atoms with Gasteiger partial charge < -0.3 is 19.7 Å². The number of carbonyl (C=O) groups excluding carboxylic acids is 1.